The molecule has 4 rings (SSSR count). The first-order valence-electron chi connectivity index (χ1n) is 7.77. The van der Waals surface area contributed by atoms with Gasteiger partial charge in [0.15, 0.2) is 0 Å². The molecule has 0 unspecified atom stereocenters. The van der Waals surface area contributed by atoms with E-state index in [1.165, 1.54) is 33.0 Å². The van der Waals surface area contributed by atoms with E-state index in [1.807, 2.05) is 0 Å². The molecule has 116 valence electrons. The predicted molar refractivity (Wildman–Crippen MR) is 110 cm³/mol. The third-order valence-corrected chi connectivity index (χ3v) is 5.56. The lowest BCUT2D eigenvalue weighted by Crippen LogP contribution is -1.88. The van der Waals surface area contributed by atoms with Gasteiger partial charge in [-0.2, -0.15) is 0 Å². The Morgan fingerprint density at radius 3 is 1.92 bits per heavy atom. The molecule has 4 aromatic rings. The van der Waals surface area contributed by atoms with Gasteiger partial charge in [0.2, 0.25) is 0 Å². The molecule has 0 nitrogen and oxygen atoms in total. The van der Waals surface area contributed by atoms with Gasteiger partial charge in [0, 0.05) is 14.3 Å². The maximum Gasteiger partial charge on any atom is 0.0265 e. The summed E-state index contributed by atoms with van der Waals surface area (Å²) in [6.45, 7) is 0. The van der Waals surface area contributed by atoms with Crippen LogP contribution in [0.3, 0.4) is 0 Å². The lowest BCUT2D eigenvalue weighted by atomic mass is 9.91. The summed E-state index contributed by atoms with van der Waals surface area (Å²) in [6.07, 6.45) is 0. The maximum atomic E-state index is 3.69. The molecule has 0 saturated carbocycles. The highest BCUT2D eigenvalue weighted by atomic mass is 79.9. The first-order valence-corrected chi connectivity index (χ1v) is 9.36. The minimum absolute atomic E-state index is 1.10. The molecule has 2 heteroatoms. The lowest BCUT2D eigenvalue weighted by Gasteiger charge is -2.14. The van der Waals surface area contributed by atoms with E-state index in [9.17, 15) is 0 Å². The first-order chi connectivity index (χ1) is 11.8. The minimum atomic E-state index is 1.10. The summed E-state index contributed by atoms with van der Waals surface area (Å²) >= 11 is 7.38. The predicted octanol–water partition coefficient (Wildman–Crippen LogP) is 7.70. The number of hydrogen-bond acceptors (Lipinski definition) is 0. The first kappa shape index (κ1) is 15.6. The van der Waals surface area contributed by atoms with E-state index in [2.05, 4.69) is 117 Å². The Hall–Kier alpha value is -1.90. The van der Waals surface area contributed by atoms with Gasteiger partial charge in [0.25, 0.3) is 0 Å². The van der Waals surface area contributed by atoms with Gasteiger partial charge in [0.1, 0.15) is 0 Å². The largest absolute Gasteiger partial charge is 0.0622 e. The molecule has 0 bridgehead atoms. The Labute approximate surface area is 158 Å². The van der Waals surface area contributed by atoms with Crippen LogP contribution >= 0.6 is 31.9 Å². The van der Waals surface area contributed by atoms with Crippen LogP contribution in [-0.4, -0.2) is 0 Å². The SMILES string of the molecule is Brc1cccc2c(-c3ccccc3-c3ccccc3)ccc(Br)c12. The molecule has 0 fully saturated rings. The van der Waals surface area contributed by atoms with Crippen LogP contribution in [0.4, 0.5) is 0 Å². The van der Waals surface area contributed by atoms with Crippen molar-refractivity contribution in [2.75, 3.05) is 0 Å². The van der Waals surface area contributed by atoms with Gasteiger partial charge in [-0.3, -0.25) is 0 Å². The Morgan fingerprint density at radius 2 is 1.12 bits per heavy atom. The second kappa shape index (κ2) is 6.54. The zero-order chi connectivity index (χ0) is 16.5. The number of fused-ring (bicyclic) bond motifs is 1. The standard InChI is InChI=1S/C22H14Br2/c23-20-12-6-11-19-18(13-14-21(24)22(19)20)17-10-5-4-9-16(17)15-7-2-1-3-8-15/h1-14H. The number of halogens is 2. The molecule has 0 spiro atoms. The summed E-state index contributed by atoms with van der Waals surface area (Å²) in [5.74, 6) is 0. The average molecular weight is 438 g/mol. The van der Waals surface area contributed by atoms with Crippen molar-refractivity contribution in [1.82, 2.24) is 0 Å². The minimum Gasteiger partial charge on any atom is -0.0622 e. The van der Waals surface area contributed by atoms with Crippen molar-refractivity contribution in [3.8, 4) is 22.3 Å². The summed E-state index contributed by atoms with van der Waals surface area (Å²) in [6, 6.07) is 29.8. The summed E-state index contributed by atoms with van der Waals surface area (Å²) in [7, 11) is 0. The van der Waals surface area contributed by atoms with E-state index < -0.39 is 0 Å². The van der Waals surface area contributed by atoms with E-state index in [0.717, 1.165) is 8.95 Å². The fraction of sp³-hybridized carbons (Fsp3) is 0. The maximum absolute atomic E-state index is 3.69. The molecule has 0 atom stereocenters. The number of benzene rings is 4. The normalized spacial score (nSPS) is 10.9. The topological polar surface area (TPSA) is 0 Å². The second-order valence-corrected chi connectivity index (χ2v) is 7.38. The van der Waals surface area contributed by atoms with Gasteiger partial charge in [-0.1, -0.05) is 105 Å². The van der Waals surface area contributed by atoms with Crippen LogP contribution in [0.25, 0.3) is 33.0 Å². The molecule has 0 aromatic heterocycles. The fourth-order valence-electron chi connectivity index (χ4n) is 3.14. The third kappa shape index (κ3) is 2.70. The highest BCUT2D eigenvalue weighted by molar-refractivity contribution is 9.11. The van der Waals surface area contributed by atoms with Crippen molar-refractivity contribution < 1.29 is 0 Å². The Morgan fingerprint density at radius 1 is 0.458 bits per heavy atom. The van der Waals surface area contributed by atoms with Crippen LogP contribution in [-0.2, 0) is 0 Å². The summed E-state index contributed by atoms with van der Waals surface area (Å²) in [4.78, 5) is 0. The van der Waals surface area contributed by atoms with E-state index in [4.69, 9.17) is 0 Å². The molecule has 0 amide bonds. The molecule has 0 aliphatic rings. The van der Waals surface area contributed by atoms with Crippen LogP contribution in [0.2, 0.25) is 0 Å². The lowest BCUT2D eigenvalue weighted by molar-refractivity contribution is 1.59. The Balaban J connectivity index is 2.04. The van der Waals surface area contributed by atoms with Crippen LogP contribution in [0.15, 0.2) is 93.9 Å². The van der Waals surface area contributed by atoms with Gasteiger partial charge in [-0.15, -0.1) is 0 Å². The molecular weight excluding hydrogens is 424 g/mol. The molecule has 0 saturated heterocycles. The summed E-state index contributed by atoms with van der Waals surface area (Å²) < 4.78 is 2.21. The quantitative estimate of drug-likeness (QED) is 0.301. The van der Waals surface area contributed by atoms with Gasteiger partial charge < -0.3 is 0 Å². The van der Waals surface area contributed by atoms with E-state index in [0.29, 0.717) is 0 Å². The second-order valence-electron chi connectivity index (χ2n) is 5.67. The van der Waals surface area contributed by atoms with Crippen LogP contribution < -0.4 is 0 Å². The van der Waals surface area contributed by atoms with Crippen LogP contribution in [0, 0.1) is 0 Å². The smallest absolute Gasteiger partial charge is 0.0265 e. The third-order valence-electron chi connectivity index (χ3n) is 4.24. The number of rotatable bonds is 2. The molecule has 4 aromatic carbocycles. The molecule has 0 radical (unpaired) electrons. The molecule has 0 aliphatic carbocycles. The fourth-order valence-corrected chi connectivity index (χ4v) is 4.55. The highest BCUT2D eigenvalue weighted by Crippen LogP contribution is 2.40. The molecule has 0 N–H and O–H groups in total. The van der Waals surface area contributed by atoms with Crippen molar-refractivity contribution >= 4 is 42.6 Å². The van der Waals surface area contributed by atoms with Gasteiger partial charge >= 0.3 is 0 Å². The molecular formula is C22H14Br2. The average Bonchev–Trinajstić information content (AvgIpc) is 2.63. The van der Waals surface area contributed by atoms with Crippen molar-refractivity contribution in [3.05, 3.63) is 93.9 Å². The Bertz CT molecular complexity index is 1010. The van der Waals surface area contributed by atoms with E-state index >= 15 is 0 Å². The van der Waals surface area contributed by atoms with Crippen molar-refractivity contribution in [1.29, 1.82) is 0 Å². The zero-order valence-corrected chi connectivity index (χ0v) is 16.0. The van der Waals surface area contributed by atoms with Crippen LogP contribution in [0.5, 0.6) is 0 Å². The summed E-state index contributed by atoms with van der Waals surface area (Å²) in [5, 5.41) is 2.44. The van der Waals surface area contributed by atoms with Crippen molar-refractivity contribution in [2.24, 2.45) is 0 Å². The zero-order valence-electron chi connectivity index (χ0n) is 12.8. The monoisotopic (exact) mass is 436 g/mol. The van der Waals surface area contributed by atoms with Crippen molar-refractivity contribution in [3.63, 3.8) is 0 Å². The summed E-state index contributed by atoms with van der Waals surface area (Å²) in [5.41, 5.74) is 4.98. The van der Waals surface area contributed by atoms with E-state index in [-0.39, 0.29) is 0 Å². The molecule has 0 heterocycles. The van der Waals surface area contributed by atoms with E-state index in [1.54, 1.807) is 0 Å². The Kier molecular flexibility index (Phi) is 4.26. The van der Waals surface area contributed by atoms with Gasteiger partial charge in [-0.25, -0.2) is 0 Å². The highest BCUT2D eigenvalue weighted by Gasteiger charge is 2.12. The number of hydrogen-bond donors (Lipinski definition) is 0. The van der Waals surface area contributed by atoms with Crippen molar-refractivity contribution in [2.45, 2.75) is 0 Å². The van der Waals surface area contributed by atoms with Gasteiger partial charge in [0.05, 0.1) is 0 Å². The molecule has 24 heavy (non-hydrogen) atoms. The van der Waals surface area contributed by atoms with Crippen LogP contribution in [0.1, 0.15) is 0 Å². The van der Waals surface area contributed by atoms with Gasteiger partial charge in [-0.05, 0) is 39.8 Å². The molecule has 0 aliphatic heterocycles.